The minimum Gasteiger partial charge on any atom is -0.329 e. The smallest absolute Gasteiger partial charge is 0.269 e. The fourth-order valence-electron chi connectivity index (χ4n) is 4.39. The number of hydrogen-bond acceptors (Lipinski definition) is 5. The first-order valence-electron chi connectivity index (χ1n) is 11.9. The number of fused-ring (bicyclic) bond motifs is 1. The molecule has 1 aliphatic rings. The van der Waals surface area contributed by atoms with Gasteiger partial charge in [0.1, 0.15) is 5.82 Å². The van der Waals surface area contributed by atoms with Crippen LogP contribution in [0, 0.1) is 6.92 Å². The van der Waals surface area contributed by atoms with E-state index in [-0.39, 0.29) is 17.2 Å². The van der Waals surface area contributed by atoms with Gasteiger partial charge >= 0.3 is 0 Å². The Hall–Kier alpha value is -3.24. The number of hydrazine groups is 1. The molecule has 1 aliphatic heterocycles. The van der Waals surface area contributed by atoms with Crippen LogP contribution >= 0.6 is 0 Å². The highest BCUT2D eigenvalue weighted by Crippen LogP contribution is 2.21. The van der Waals surface area contributed by atoms with Crippen LogP contribution < -0.4 is 10.9 Å². The van der Waals surface area contributed by atoms with Crippen molar-refractivity contribution in [3.63, 3.8) is 0 Å². The summed E-state index contributed by atoms with van der Waals surface area (Å²) >= 11 is 0. The largest absolute Gasteiger partial charge is 0.329 e. The van der Waals surface area contributed by atoms with Crippen molar-refractivity contribution in [1.29, 1.82) is 0 Å². The van der Waals surface area contributed by atoms with Crippen LogP contribution in [0.4, 0.5) is 0 Å². The predicted octanol–water partition coefficient (Wildman–Crippen LogP) is 2.93. The van der Waals surface area contributed by atoms with Gasteiger partial charge in [0, 0.05) is 31.6 Å². The number of carbonyl (C=O) groups excluding carboxylic acids is 2. The summed E-state index contributed by atoms with van der Waals surface area (Å²) in [5.74, 6) is 0.122. The molecule has 0 spiro atoms. The number of aryl methyl sites for hydroxylation is 3. The number of rotatable bonds is 7. The molecule has 3 aromatic rings. The topological polar surface area (TPSA) is 113 Å². The molecule has 2 amide bonds. The van der Waals surface area contributed by atoms with Gasteiger partial charge in [0.2, 0.25) is 15.9 Å². The van der Waals surface area contributed by atoms with Crippen molar-refractivity contribution in [2.75, 3.05) is 13.1 Å². The number of hydrogen-bond donors (Lipinski definition) is 2. The Morgan fingerprint density at radius 2 is 1.71 bits per heavy atom. The Morgan fingerprint density at radius 3 is 2.40 bits per heavy atom. The molecule has 0 radical (unpaired) electrons. The number of piperidine rings is 1. The number of carbonyl (C=O) groups is 2. The zero-order valence-corrected chi connectivity index (χ0v) is 20.9. The Labute approximate surface area is 205 Å². The Balaban J connectivity index is 1.28. The summed E-state index contributed by atoms with van der Waals surface area (Å²) in [5, 5.41) is 0. The maximum Gasteiger partial charge on any atom is 0.269 e. The number of nitrogens with zero attached hydrogens (tertiary/aromatic N) is 3. The van der Waals surface area contributed by atoms with Crippen LogP contribution in [-0.4, -0.2) is 47.2 Å². The fraction of sp³-hybridized carbons (Fsp3) is 0.400. The molecule has 0 unspecified atom stereocenters. The van der Waals surface area contributed by atoms with E-state index >= 15 is 0 Å². The van der Waals surface area contributed by atoms with Crippen molar-refractivity contribution in [3.05, 3.63) is 59.4 Å². The van der Waals surface area contributed by atoms with Crippen LogP contribution in [0.1, 0.15) is 54.4 Å². The van der Waals surface area contributed by atoms with Gasteiger partial charge in [-0.05, 0) is 69.0 Å². The molecular formula is C25H31N5O4S. The standard InChI is InChI=1S/C25H31N5O4S/c1-3-30-18(2)26-22-17-20(10-13-23(22)30)25(32)28-27-24(31)14-9-19-7-11-21(12-8-19)35(33,34)29-15-5-4-6-16-29/h7-8,10-13,17H,3-6,9,14-16H2,1-2H3,(H,27,31)(H,28,32). The Bertz CT molecular complexity index is 1330. The van der Waals surface area contributed by atoms with Gasteiger partial charge in [-0.15, -0.1) is 0 Å². The van der Waals surface area contributed by atoms with Gasteiger partial charge in [0.05, 0.1) is 15.9 Å². The molecular weight excluding hydrogens is 466 g/mol. The average molecular weight is 498 g/mol. The molecule has 0 bridgehead atoms. The molecule has 4 rings (SSSR count). The Morgan fingerprint density at radius 1 is 1.00 bits per heavy atom. The summed E-state index contributed by atoms with van der Waals surface area (Å²) in [7, 11) is -3.47. The molecule has 1 aromatic heterocycles. The van der Waals surface area contributed by atoms with Gasteiger partial charge in [-0.25, -0.2) is 13.4 Å². The van der Waals surface area contributed by atoms with Crippen LogP contribution in [-0.2, 0) is 27.8 Å². The zero-order valence-electron chi connectivity index (χ0n) is 20.1. The summed E-state index contributed by atoms with van der Waals surface area (Å²) in [5.41, 5.74) is 7.82. The molecule has 35 heavy (non-hydrogen) atoms. The molecule has 0 aliphatic carbocycles. The highest BCUT2D eigenvalue weighted by Gasteiger charge is 2.25. The minimum absolute atomic E-state index is 0.150. The zero-order chi connectivity index (χ0) is 25.0. The van der Waals surface area contributed by atoms with Crippen LogP contribution in [0.25, 0.3) is 11.0 Å². The summed E-state index contributed by atoms with van der Waals surface area (Å²) in [6, 6.07) is 11.9. The van der Waals surface area contributed by atoms with Crippen LogP contribution in [0.5, 0.6) is 0 Å². The molecule has 9 nitrogen and oxygen atoms in total. The highest BCUT2D eigenvalue weighted by atomic mass is 32.2. The third-order valence-corrected chi connectivity index (χ3v) is 8.26. The second kappa shape index (κ2) is 10.6. The first kappa shape index (κ1) is 24.9. The van der Waals surface area contributed by atoms with Crippen molar-refractivity contribution >= 4 is 32.9 Å². The van der Waals surface area contributed by atoms with E-state index in [1.165, 1.54) is 4.31 Å². The van der Waals surface area contributed by atoms with Crippen LogP contribution in [0.2, 0.25) is 0 Å². The predicted molar refractivity (Wildman–Crippen MR) is 133 cm³/mol. The third kappa shape index (κ3) is 5.54. The quantitative estimate of drug-likeness (QED) is 0.487. The van der Waals surface area contributed by atoms with E-state index in [1.54, 1.807) is 36.4 Å². The lowest BCUT2D eigenvalue weighted by Gasteiger charge is -2.25. The van der Waals surface area contributed by atoms with Crippen molar-refractivity contribution < 1.29 is 18.0 Å². The molecule has 2 N–H and O–H groups in total. The van der Waals surface area contributed by atoms with Crippen LogP contribution in [0.3, 0.4) is 0 Å². The van der Waals surface area contributed by atoms with Gasteiger partial charge in [-0.1, -0.05) is 18.6 Å². The molecule has 0 atom stereocenters. The number of nitrogens with one attached hydrogen (secondary N) is 2. The summed E-state index contributed by atoms with van der Waals surface area (Å²) in [4.78, 5) is 29.5. The molecule has 0 saturated carbocycles. The molecule has 186 valence electrons. The molecule has 10 heteroatoms. The summed E-state index contributed by atoms with van der Waals surface area (Å²) < 4.78 is 29.1. The lowest BCUT2D eigenvalue weighted by molar-refractivity contribution is -0.121. The maximum atomic E-state index is 12.8. The second-order valence-electron chi connectivity index (χ2n) is 8.72. The number of sulfonamides is 1. The van der Waals surface area contributed by atoms with Gasteiger partial charge in [-0.3, -0.25) is 20.4 Å². The number of benzene rings is 2. The fourth-order valence-corrected chi connectivity index (χ4v) is 5.91. The minimum atomic E-state index is -3.47. The van der Waals surface area contributed by atoms with Gasteiger partial charge in [0.25, 0.3) is 5.91 Å². The lowest BCUT2D eigenvalue weighted by Crippen LogP contribution is -2.41. The van der Waals surface area contributed by atoms with E-state index in [9.17, 15) is 18.0 Å². The van der Waals surface area contributed by atoms with E-state index < -0.39 is 15.9 Å². The van der Waals surface area contributed by atoms with Crippen molar-refractivity contribution in [3.8, 4) is 0 Å². The number of amides is 2. The van der Waals surface area contributed by atoms with Gasteiger partial charge in [0.15, 0.2) is 0 Å². The molecule has 2 aromatic carbocycles. The molecule has 1 saturated heterocycles. The van der Waals surface area contributed by atoms with Crippen LogP contribution in [0.15, 0.2) is 47.4 Å². The van der Waals surface area contributed by atoms with E-state index in [0.29, 0.717) is 25.1 Å². The third-order valence-electron chi connectivity index (χ3n) is 6.35. The lowest BCUT2D eigenvalue weighted by atomic mass is 10.1. The highest BCUT2D eigenvalue weighted by molar-refractivity contribution is 7.89. The average Bonchev–Trinajstić information content (AvgIpc) is 3.20. The Kier molecular flexibility index (Phi) is 7.51. The number of aromatic nitrogens is 2. The van der Waals surface area contributed by atoms with Crippen molar-refractivity contribution in [1.82, 2.24) is 24.7 Å². The normalized spacial score (nSPS) is 14.7. The first-order chi connectivity index (χ1) is 16.8. The summed E-state index contributed by atoms with van der Waals surface area (Å²) in [6.45, 7) is 5.87. The van der Waals surface area contributed by atoms with E-state index in [2.05, 4.69) is 20.4 Å². The first-order valence-corrected chi connectivity index (χ1v) is 13.4. The molecule has 2 heterocycles. The number of imidazole rings is 1. The van der Waals surface area contributed by atoms with Crippen molar-refractivity contribution in [2.45, 2.75) is 57.4 Å². The molecule has 1 fully saturated rings. The van der Waals surface area contributed by atoms with Gasteiger partial charge in [-0.2, -0.15) is 4.31 Å². The van der Waals surface area contributed by atoms with E-state index in [0.717, 1.165) is 48.2 Å². The van der Waals surface area contributed by atoms with E-state index in [4.69, 9.17) is 0 Å². The summed E-state index contributed by atoms with van der Waals surface area (Å²) in [6.07, 6.45) is 3.41. The van der Waals surface area contributed by atoms with Gasteiger partial charge < -0.3 is 4.57 Å². The monoisotopic (exact) mass is 497 g/mol. The maximum absolute atomic E-state index is 12.8. The SMILES string of the molecule is CCn1c(C)nc2cc(C(=O)NNC(=O)CCc3ccc(S(=O)(=O)N4CCCCC4)cc3)ccc21. The second-order valence-corrected chi connectivity index (χ2v) is 10.7. The van der Waals surface area contributed by atoms with E-state index in [1.807, 2.05) is 19.9 Å². The van der Waals surface area contributed by atoms with Crippen molar-refractivity contribution in [2.24, 2.45) is 0 Å².